The Morgan fingerprint density at radius 2 is 1.82 bits per heavy atom. The maximum atomic E-state index is 12.1. The Morgan fingerprint density at radius 1 is 1.11 bits per heavy atom. The minimum Gasteiger partial charge on any atom is -0.406 e. The third kappa shape index (κ3) is 5.98. The molecule has 0 unspecified atom stereocenters. The smallest absolute Gasteiger partial charge is 0.406 e. The van der Waals surface area contributed by atoms with Crippen LogP contribution in [0.15, 0.2) is 65.0 Å². The molecule has 9 heteroatoms. The third-order valence-corrected chi connectivity index (χ3v) is 4.55. The van der Waals surface area contributed by atoms with Gasteiger partial charge in [-0.2, -0.15) is 0 Å². The molecule has 0 saturated heterocycles. The van der Waals surface area contributed by atoms with Crippen LogP contribution in [0.4, 0.5) is 13.2 Å². The minimum absolute atomic E-state index is 0.227. The lowest BCUT2D eigenvalue weighted by molar-refractivity contribution is -0.274. The Balaban J connectivity index is 1.50. The summed E-state index contributed by atoms with van der Waals surface area (Å²) in [6, 6.07) is 15.4. The standard InChI is InChI=1S/C19H17F3N4OS/c20-19(21,22)27-16-8-6-13(7-9-16)10-24-18(23)25-11-15-12-28-17(26-15)14-4-2-1-3-5-14/h1-9,12H,10-11H2,(H3,23,24,25). The average Bonchev–Trinajstić information content (AvgIpc) is 3.14. The second kappa shape index (κ2) is 8.75. The van der Waals surface area contributed by atoms with Crippen LogP contribution in [0.5, 0.6) is 5.75 Å². The van der Waals surface area contributed by atoms with Gasteiger partial charge in [0.25, 0.3) is 0 Å². The van der Waals surface area contributed by atoms with E-state index in [0.717, 1.165) is 16.3 Å². The Hall–Kier alpha value is -3.07. The van der Waals surface area contributed by atoms with E-state index in [2.05, 4.69) is 20.0 Å². The Bertz CT molecular complexity index is 924. The summed E-state index contributed by atoms with van der Waals surface area (Å²) in [5.41, 5.74) is 8.45. The predicted molar refractivity (Wildman–Crippen MR) is 103 cm³/mol. The molecule has 0 radical (unpaired) electrons. The summed E-state index contributed by atoms with van der Waals surface area (Å²) >= 11 is 1.55. The van der Waals surface area contributed by atoms with Crippen LogP contribution in [0.1, 0.15) is 11.3 Å². The van der Waals surface area contributed by atoms with Gasteiger partial charge in [0.05, 0.1) is 18.8 Å². The number of rotatable bonds is 6. The second-order valence-corrected chi connectivity index (χ2v) is 6.61. The van der Waals surface area contributed by atoms with Crippen LogP contribution in [0.2, 0.25) is 0 Å². The lowest BCUT2D eigenvalue weighted by Crippen LogP contribution is -2.31. The van der Waals surface area contributed by atoms with E-state index in [4.69, 9.17) is 5.73 Å². The molecule has 0 aliphatic carbocycles. The number of hydrogen-bond donors (Lipinski definition) is 2. The Morgan fingerprint density at radius 3 is 2.50 bits per heavy atom. The van der Waals surface area contributed by atoms with Gasteiger partial charge >= 0.3 is 6.36 Å². The van der Waals surface area contributed by atoms with E-state index in [1.54, 1.807) is 11.3 Å². The van der Waals surface area contributed by atoms with Gasteiger partial charge in [-0.25, -0.2) is 9.98 Å². The maximum Gasteiger partial charge on any atom is 0.573 e. The molecule has 1 aromatic heterocycles. The van der Waals surface area contributed by atoms with E-state index in [1.807, 2.05) is 35.7 Å². The van der Waals surface area contributed by atoms with E-state index < -0.39 is 6.36 Å². The van der Waals surface area contributed by atoms with E-state index >= 15 is 0 Å². The van der Waals surface area contributed by atoms with E-state index in [0.29, 0.717) is 12.1 Å². The largest absolute Gasteiger partial charge is 0.573 e. The summed E-state index contributed by atoms with van der Waals surface area (Å²) in [5, 5.41) is 5.85. The highest BCUT2D eigenvalue weighted by atomic mass is 32.1. The Labute approximate surface area is 163 Å². The number of ether oxygens (including phenoxy) is 1. The molecular formula is C19H17F3N4OS. The van der Waals surface area contributed by atoms with Crippen LogP contribution in [-0.2, 0) is 13.1 Å². The first-order valence-corrected chi connectivity index (χ1v) is 9.15. The number of alkyl halides is 3. The summed E-state index contributed by atoms with van der Waals surface area (Å²) in [5.74, 6) is -0.0473. The highest BCUT2D eigenvalue weighted by Crippen LogP contribution is 2.24. The zero-order valence-corrected chi connectivity index (χ0v) is 15.4. The number of guanidine groups is 1. The zero-order chi connectivity index (χ0) is 20.0. The molecule has 0 amide bonds. The third-order valence-electron chi connectivity index (χ3n) is 3.61. The number of aliphatic imine (C=N–C) groups is 1. The van der Waals surface area contributed by atoms with E-state index in [9.17, 15) is 13.2 Å². The second-order valence-electron chi connectivity index (χ2n) is 5.76. The minimum atomic E-state index is -4.70. The molecule has 1 heterocycles. The molecule has 3 N–H and O–H groups in total. The summed E-state index contributed by atoms with van der Waals surface area (Å²) in [6.45, 7) is 0.661. The number of nitrogens with one attached hydrogen (secondary N) is 1. The number of aromatic nitrogens is 1. The van der Waals surface area contributed by atoms with Crippen LogP contribution < -0.4 is 15.8 Å². The normalized spacial score (nSPS) is 12.0. The molecule has 0 atom stereocenters. The first-order chi connectivity index (χ1) is 13.4. The number of nitrogens with two attached hydrogens (primary N) is 1. The summed E-state index contributed by atoms with van der Waals surface area (Å²) in [6.07, 6.45) is -4.70. The van der Waals surface area contributed by atoms with Crippen molar-refractivity contribution in [2.24, 2.45) is 10.7 Å². The summed E-state index contributed by atoms with van der Waals surface area (Å²) in [4.78, 5) is 8.72. The number of thiazole rings is 1. The fraction of sp³-hybridized carbons (Fsp3) is 0.158. The molecule has 5 nitrogen and oxygen atoms in total. The lowest BCUT2D eigenvalue weighted by Gasteiger charge is -2.09. The van der Waals surface area contributed by atoms with Gasteiger partial charge in [-0.1, -0.05) is 42.5 Å². The van der Waals surface area contributed by atoms with Crippen LogP contribution >= 0.6 is 11.3 Å². The monoisotopic (exact) mass is 406 g/mol. The van der Waals surface area contributed by atoms with E-state index in [1.165, 1.54) is 24.3 Å². The molecule has 3 rings (SSSR count). The first kappa shape index (κ1) is 19.7. The molecule has 0 spiro atoms. The molecule has 0 fully saturated rings. The van der Waals surface area contributed by atoms with Crippen molar-refractivity contribution in [3.8, 4) is 16.3 Å². The van der Waals surface area contributed by atoms with Crippen molar-refractivity contribution in [3.05, 3.63) is 71.2 Å². The highest BCUT2D eigenvalue weighted by Gasteiger charge is 2.30. The van der Waals surface area contributed by atoms with Crippen molar-refractivity contribution in [1.29, 1.82) is 0 Å². The predicted octanol–water partition coefficient (Wildman–Crippen LogP) is 4.31. The SMILES string of the molecule is NC(=NCc1ccc(OC(F)(F)F)cc1)NCc1csc(-c2ccccc2)n1. The fourth-order valence-corrected chi connectivity index (χ4v) is 3.14. The molecule has 3 aromatic rings. The summed E-state index contributed by atoms with van der Waals surface area (Å²) < 4.78 is 40.3. The quantitative estimate of drug-likeness (QED) is 0.473. The molecule has 2 aromatic carbocycles. The summed E-state index contributed by atoms with van der Waals surface area (Å²) in [7, 11) is 0. The number of nitrogens with zero attached hydrogens (tertiary/aromatic N) is 2. The van der Waals surface area contributed by atoms with E-state index in [-0.39, 0.29) is 18.3 Å². The topological polar surface area (TPSA) is 72.5 Å². The van der Waals surface area contributed by atoms with Crippen molar-refractivity contribution < 1.29 is 17.9 Å². The van der Waals surface area contributed by atoms with Crippen molar-refractivity contribution >= 4 is 17.3 Å². The van der Waals surface area contributed by atoms with Gasteiger partial charge in [-0.05, 0) is 17.7 Å². The van der Waals surface area contributed by atoms with Gasteiger partial charge in [-0.15, -0.1) is 24.5 Å². The van der Waals surface area contributed by atoms with Gasteiger partial charge in [0.15, 0.2) is 5.96 Å². The molecule has 146 valence electrons. The fourth-order valence-electron chi connectivity index (χ4n) is 2.31. The first-order valence-electron chi connectivity index (χ1n) is 8.27. The van der Waals surface area contributed by atoms with Gasteiger partial charge in [-0.3, -0.25) is 0 Å². The van der Waals surface area contributed by atoms with Crippen LogP contribution in [-0.4, -0.2) is 17.3 Å². The van der Waals surface area contributed by atoms with Crippen molar-refractivity contribution in [1.82, 2.24) is 10.3 Å². The van der Waals surface area contributed by atoms with Gasteiger partial charge < -0.3 is 15.8 Å². The zero-order valence-electron chi connectivity index (χ0n) is 14.6. The number of benzene rings is 2. The van der Waals surface area contributed by atoms with Gasteiger partial charge in [0, 0.05) is 10.9 Å². The van der Waals surface area contributed by atoms with Crippen LogP contribution in [0.25, 0.3) is 10.6 Å². The number of halogens is 3. The van der Waals surface area contributed by atoms with Crippen molar-refractivity contribution in [2.45, 2.75) is 19.5 Å². The molecule has 28 heavy (non-hydrogen) atoms. The van der Waals surface area contributed by atoms with Crippen LogP contribution in [0.3, 0.4) is 0 Å². The van der Waals surface area contributed by atoms with Crippen molar-refractivity contribution in [3.63, 3.8) is 0 Å². The van der Waals surface area contributed by atoms with Gasteiger partial charge in [0.2, 0.25) is 0 Å². The average molecular weight is 406 g/mol. The molecular weight excluding hydrogens is 389 g/mol. The number of hydrogen-bond acceptors (Lipinski definition) is 4. The molecule has 0 aliphatic heterocycles. The van der Waals surface area contributed by atoms with Crippen molar-refractivity contribution in [2.75, 3.05) is 0 Å². The molecule has 0 saturated carbocycles. The Kier molecular flexibility index (Phi) is 6.15. The lowest BCUT2D eigenvalue weighted by atomic mass is 10.2. The van der Waals surface area contributed by atoms with Crippen LogP contribution in [0, 0.1) is 0 Å². The maximum absolute atomic E-state index is 12.1. The van der Waals surface area contributed by atoms with Gasteiger partial charge in [0.1, 0.15) is 10.8 Å². The molecule has 0 aliphatic rings. The molecule has 0 bridgehead atoms. The highest BCUT2D eigenvalue weighted by molar-refractivity contribution is 7.13.